The highest BCUT2D eigenvalue weighted by Gasteiger charge is 2.27. The molecule has 0 aliphatic carbocycles. The lowest BCUT2D eigenvalue weighted by Crippen LogP contribution is -2.11. The quantitative estimate of drug-likeness (QED) is 0.136. The molecule has 186 valence electrons. The van der Waals surface area contributed by atoms with Crippen LogP contribution in [0.2, 0.25) is 5.02 Å². The van der Waals surface area contributed by atoms with E-state index in [4.69, 9.17) is 25.8 Å². The number of ether oxygens (including phenoxy) is 3. The minimum atomic E-state index is -0.621. The molecule has 3 rings (SSSR count). The van der Waals surface area contributed by atoms with Crippen molar-refractivity contribution in [1.82, 2.24) is 15.3 Å². The van der Waals surface area contributed by atoms with Crippen molar-refractivity contribution < 1.29 is 23.9 Å². The van der Waals surface area contributed by atoms with Gasteiger partial charge in [0.25, 0.3) is 0 Å². The molecule has 0 aliphatic rings. The number of nitro groups is 1. The number of benzene rings is 1. The lowest BCUT2D eigenvalue weighted by molar-refractivity contribution is -0.390. The highest BCUT2D eigenvalue weighted by molar-refractivity contribution is 6.32. The summed E-state index contributed by atoms with van der Waals surface area (Å²) < 4.78 is 16.2. The number of carbonyl (C=O) groups excluding carboxylic acids is 1. The first kappa shape index (κ1) is 25.9. The lowest BCUT2D eigenvalue weighted by Gasteiger charge is -2.15. The number of anilines is 2. The summed E-state index contributed by atoms with van der Waals surface area (Å²) in [5.41, 5.74) is 2.66. The standard InChI is InChI=1S/C23H26ClN5O6/c1-25-9-8-17-15(13-30)20(28-18-6-4-5-16(24)22(18)34-3)19(27-17)14-7-10-26-23(29(31)32)21(14)35-12-11-33-2/h4-7,10,13,25,27-28H,8-9,11-12H2,1-3H3. The summed E-state index contributed by atoms with van der Waals surface area (Å²) in [6.45, 7) is 0.872. The molecule has 0 amide bonds. The Morgan fingerprint density at radius 2 is 2.03 bits per heavy atom. The third-order valence-corrected chi connectivity index (χ3v) is 5.45. The predicted molar refractivity (Wildman–Crippen MR) is 132 cm³/mol. The summed E-state index contributed by atoms with van der Waals surface area (Å²) in [5, 5.41) is 18.4. The Labute approximate surface area is 206 Å². The molecule has 0 radical (unpaired) electrons. The average molecular weight is 504 g/mol. The number of nitrogens with zero attached hydrogens (tertiary/aromatic N) is 2. The average Bonchev–Trinajstić information content (AvgIpc) is 3.19. The minimum absolute atomic E-state index is 0.0467. The number of likely N-dealkylation sites (N-methyl/N-ethyl adjacent to an activating group) is 1. The van der Waals surface area contributed by atoms with Gasteiger partial charge in [0.1, 0.15) is 12.8 Å². The Kier molecular flexibility index (Phi) is 9.01. The molecule has 11 nitrogen and oxygen atoms in total. The van der Waals surface area contributed by atoms with Crippen molar-refractivity contribution in [2.45, 2.75) is 6.42 Å². The third kappa shape index (κ3) is 5.70. The number of aromatic amines is 1. The Morgan fingerprint density at radius 1 is 1.23 bits per heavy atom. The van der Waals surface area contributed by atoms with E-state index in [9.17, 15) is 14.9 Å². The largest absolute Gasteiger partial charge is 0.493 e. The van der Waals surface area contributed by atoms with Crippen molar-refractivity contribution >= 4 is 35.1 Å². The summed E-state index contributed by atoms with van der Waals surface area (Å²) in [5.74, 6) is -0.120. The van der Waals surface area contributed by atoms with E-state index < -0.39 is 10.7 Å². The van der Waals surface area contributed by atoms with Crippen molar-refractivity contribution in [1.29, 1.82) is 0 Å². The van der Waals surface area contributed by atoms with Gasteiger partial charge >= 0.3 is 5.82 Å². The first-order valence-electron chi connectivity index (χ1n) is 10.7. The number of carbonyl (C=O) groups is 1. The SMILES string of the molecule is CNCCc1[nH]c(-c2ccnc([N+](=O)[O-])c2OCCOC)c(Nc2cccc(Cl)c2OC)c1C=O. The monoisotopic (exact) mass is 503 g/mol. The van der Waals surface area contributed by atoms with Gasteiger partial charge in [-0.3, -0.25) is 4.79 Å². The second-order valence-corrected chi connectivity index (χ2v) is 7.70. The van der Waals surface area contributed by atoms with E-state index in [1.807, 2.05) is 0 Å². The molecule has 2 heterocycles. The van der Waals surface area contributed by atoms with E-state index in [1.54, 1.807) is 31.3 Å². The molecule has 1 aromatic carbocycles. The number of H-pyrrole nitrogens is 1. The highest BCUT2D eigenvalue weighted by atomic mass is 35.5. The van der Waals surface area contributed by atoms with Crippen LogP contribution in [0.25, 0.3) is 11.3 Å². The van der Waals surface area contributed by atoms with E-state index >= 15 is 0 Å². The molecule has 0 spiro atoms. The molecule has 0 unspecified atom stereocenters. The summed E-state index contributed by atoms with van der Waals surface area (Å²) in [6.07, 6.45) is 2.54. The number of rotatable bonds is 13. The summed E-state index contributed by atoms with van der Waals surface area (Å²) in [7, 11) is 4.78. The van der Waals surface area contributed by atoms with Gasteiger partial charge < -0.3 is 39.9 Å². The number of para-hydroxylation sites is 1. The van der Waals surface area contributed by atoms with Gasteiger partial charge in [0.2, 0.25) is 5.75 Å². The zero-order valence-corrected chi connectivity index (χ0v) is 20.3. The van der Waals surface area contributed by atoms with Gasteiger partial charge in [0.05, 0.1) is 46.9 Å². The van der Waals surface area contributed by atoms with Crippen LogP contribution in [-0.2, 0) is 11.2 Å². The molecule has 0 aliphatic heterocycles. The fraction of sp³-hybridized carbons (Fsp3) is 0.304. The summed E-state index contributed by atoms with van der Waals surface area (Å²) >= 11 is 6.29. The van der Waals surface area contributed by atoms with Crippen LogP contribution in [0.3, 0.4) is 0 Å². The second kappa shape index (κ2) is 12.2. The molecular formula is C23H26ClN5O6. The van der Waals surface area contributed by atoms with Gasteiger partial charge in [-0.1, -0.05) is 17.7 Å². The van der Waals surface area contributed by atoms with Crippen molar-refractivity contribution in [3.05, 3.63) is 56.9 Å². The van der Waals surface area contributed by atoms with Crippen molar-refractivity contribution in [3.63, 3.8) is 0 Å². The van der Waals surface area contributed by atoms with Crippen LogP contribution < -0.4 is 20.1 Å². The van der Waals surface area contributed by atoms with Crippen LogP contribution >= 0.6 is 11.6 Å². The molecule has 0 saturated heterocycles. The Morgan fingerprint density at radius 3 is 2.69 bits per heavy atom. The number of pyridine rings is 1. The molecule has 0 fully saturated rings. The Balaban J connectivity index is 2.24. The Bertz CT molecular complexity index is 1200. The van der Waals surface area contributed by atoms with Crippen LogP contribution in [0, 0.1) is 10.1 Å². The van der Waals surface area contributed by atoms with Gasteiger partial charge in [-0.15, -0.1) is 0 Å². The normalized spacial score (nSPS) is 10.7. The zero-order valence-electron chi connectivity index (χ0n) is 19.5. The van der Waals surface area contributed by atoms with Gasteiger partial charge in [0.15, 0.2) is 12.0 Å². The molecule has 3 N–H and O–H groups in total. The van der Waals surface area contributed by atoms with Crippen LogP contribution in [-0.4, -0.2) is 62.2 Å². The number of aldehydes is 1. The summed E-state index contributed by atoms with van der Waals surface area (Å²) in [6, 6.07) is 6.74. The topological polar surface area (TPSA) is 141 Å². The van der Waals surface area contributed by atoms with Crippen LogP contribution in [0.4, 0.5) is 17.2 Å². The van der Waals surface area contributed by atoms with Gasteiger partial charge in [-0.2, -0.15) is 0 Å². The maximum Gasteiger partial charge on any atom is 0.406 e. The van der Waals surface area contributed by atoms with E-state index in [2.05, 4.69) is 20.6 Å². The molecule has 0 atom stereocenters. The van der Waals surface area contributed by atoms with E-state index in [1.165, 1.54) is 20.4 Å². The number of halogens is 1. The molecule has 12 heteroatoms. The van der Waals surface area contributed by atoms with Gasteiger partial charge in [0, 0.05) is 25.8 Å². The molecule has 3 aromatic rings. The first-order valence-corrected chi connectivity index (χ1v) is 11.0. The van der Waals surface area contributed by atoms with E-state index in [-0.39, 0.29) is 19.0 Å². The maximum atomic E-state index is 12.2. The number of methoxy groups -OCH3 is 2. The smallest absolute Gasteiger partial charge is 0.406 e. The fourth-order valence-corrected chi connectivity index (χ4v) is 3.81. The van der Waals surface area contributed by atoms with Gasteiger partial charge in [-0.25, -0.2) is 0 Å². The summed E-state index contributed by atoms with van der Waals surface area (Å²) in [4.78, 5) is 30.5. The van der Waals surface area contributed by atoms with Crippen LogP contribution in [0.1, 0.15) is 16.1 Å². The minimum Gasteiger partial charge on any atom is -0.493 e. The molecule has 0 bridgehead atoms. The van der Waals surface area contributed by atoms with E-state index in [0.717, 1.165) is 6.29 Å². The number of hydrogen-bond donors (Lipinski definition) is 3. The number of hydrogen-bond acceptors (Lipinski definition) is 9. The fourth-order valence-electron chi connectivity index (χ4n) is 3.56. The van der Waals surface area contributed by atoms with Crippen LogP contribution in [0.15, 0.2) is 30.5 Å². The lowest BCUT2D eigenvalue weighted by atomic mass is 10.1. The highest BCUT2D eigenvalue weighted by Crippen LogP contribution is 2.44. The maximum absolute atomic E-state index is 12.2. The molecular weight excluding hydrogens is 478 g/mol. The van der Waals surface area contributed by atoms with Crippen molar-refractivity contribution in [3.8, 4) is 22.8 Å². The van der Waals surface area contributed by atoms with Gasteiger partial charge in [-0.05, 0) is 35.2 Å². The van der Waals surface area contributed by atoms with Crippen molar-refractivity contribution in [2.24, 2.45) is 0 Å². The third-order valence-electron chi connectivity index (χ3n) is 5.16. The molecule has 35 heavy (non-hydrogen) atoms. The Hall–Kier alpha value is -3.67. The van der Waals surface area contributed by atoms with Crippen LogP contribution in [0.5, 0.6) is 11.5 Å². The second-order valence-electron chi connectivity index (χ2n) is 7.29. The van der Waals surface area contributed by atoms with E-state index in [0.29, 0.717) is 57.6 Å². The first-order chi connectivity index (χ1) is 17.0. The van der Waals surface area contributed by atoms with Crippen molar-refractivity contribution in [2.75, 3.05) is 46.3 Å². The number of nitrogens with one attached hydrogen (secondary N) is 3. The predicted octanol–water partition coefficient (Wildman–Crippen LogP) is 3.99. The molecule has 0 saturated carbocycles. The number of aromatic nitrogens is 2. The molecule has 2 aromatic heterocycles. The zero-order chi connectivity index (χ0) is 25.4.